The second kappa shape index (κ2) is 7.23. The first-order valence-corrected chi connectivity index (χ1v) is 9.47. The number of nitrogens with zero attached hydrogens (tertiary/aromatic N) is 2. The van der Waals surface area contributed by atoms with Gasteiger partial charge in [-0.25, -0.2) is 9.37 Å². The number of likely N-dealkylation sites (tertiary alicyclic amines) is 1. The molecule has 1 saturated heterocycles. The van der Waals surface area contributed by atoms with Gasteiger partial charge in [-0.2, -0.15) is 0 Å². The van der Waals surface area contributed by atoms with Crippen molar-refractivity contribution in [2.24, 2.45) is 0 Å². The van der Waals surface area contributed by atoms with Crippen molar-refractivity contribution < 1.29 is 9.18 Å². The van der Waals surface area contributed by atoms with Crippen LogP contribution in [0.5, 0.6) is 0 Å². The molecule has 26 heavy (non-hydrogen) atoms. The summed E-state index contributed by atoms with van der Waals surface area (Å²) in [4.78, 5) is 19.3. The van der Waals surface area contributed by atoms with Gasteiger partial charge in [0.05, 0.1) is 5.56 Å². The quantitative estimate of drug-likeness (QED) is 0.824. The number of hydrogen-bond acceptors (Lipinski definition) is 3. The molecule has 2 aromatic rings. The van der Waals surface area contributed by atoms with Crippen LogP contribution >= 0.6 is 11.6 Å². The molecule has 1 aliphatic carbocycles. The highest BCUT2D eigenvalue weighted by Crippen LogP contribution is 2.27. The summed E-state index contributed by atoms with van der Waals surface area (Å²) in [7, 11) is 0. The van der Waals surface area contributed by atoms with Gasteiger partial charge < -0.3 is 10.2 Å². The average Bonchev–Trinajstić information content (AvgIpc) is 3.10. The van der Waals surface area contributed by atoms with E-state index in [9.17, 15) is 9.18 Å². The van der Waals surface area contributed by atoms with Gasteiger partial charge in [-0.3, -0.25) is 4.79 Å². The predicted molar refractivity (Wildman–Crippen MR) is 100 cm³/mol. The molecule has 0 saturated carbocycles. The molecule has 6 heteroatoms. The highest BCUT2D eigenvalue weighted by molar-refractivity contribution is 6.32. The number of aryl methyl sites for hydroxylation is 2. The van der Waals surface area contributed by atoms with Crippen molar-refractivity contribution in [3.63, 3.8) is 0 Å². The van der Waals surface area contributed by atoms with Gasteiger partial charge in [0.2, 0.25) is 0 Å². The second-order valence-corrected chi connectivity index (χ2v) is 7.39. The SMILES string of the molecule is O=C(c1cc2c(nc1Cl)CCC2)N1CCCC(Nc2ccc(F)cc2)C1. The van der Waals surface area contributed by atoms with Gasteiger partial charge in [0.1, 0.15) is 11.0 Å². The number of anilines is 1. The third-order valence-corrected chi connectivity index (χ3v) is 5.45. The van der Waals surface area contributed by atoms with Gasteiger partial charge in [-0.05, 0) is 68.0 Å². The lowest BCUT2D eigenvalue weighted by Crippen LogP contribution is -2.45. The lowest BCUT2D eigenvalue weighted by Gasteiger charge is -2.34. The van der Waals surface area contributed by atoms with Crippen molar-refractivity contribution in [2.75, 3.05) is 18.4 Å². The Bertz CT molecular complexity index is 825. The number of nitrogens with one attached hydrogen (secondary N) is 1. The summed E-state index contributed by atoms with van der Waals surface area (Å²) >= 11 is 6.29. The van der Waals surface area contributed by atoms with Gasteiger partial charge in [-0.1, -0.05) is 11.6 Å². The highest BCUT2D eigenvalue weighted by Gasteiger charge is 2.27. The molecule has 1 aromatic heterocycles. The van der Waals surface area contributed by atoms with E-state index in [2.05, 4.69) is 10.3 Å². The Morgan fingerprint density at radius 2 is 2.04 bits per heavy atom. The number of carbonyl (C=O) groups is 1. The largest absolute Gasteiger partial charge is 0.381 e. The van der Waals surface area contributed by atoms with E-state index in [0.717, 1.165) is 49.0 Å². The number of halogens is 2. The number of piperidine rings is 1. The van der Waals surface area contributed by atoms with Crippen LogP contribution in [-0.2, 0) is 12.8 Å². The van der Waals surface area contributed by atoms with E-state index in [1.54, 1.807) is 12.1 Å². The summed E-state index contributed by atoms with van der Waals surface area (Å²) < 4.78 is 13.1. The van der Waals surface area contributed by atoms with E-state index in [4.69, 9.17) is 11.6 Å². The molecular weight excluding hydrogens is 353 g/mol. The number of carbonyl (C=O) groups excluding carboxylic acids is 1. The predicted octanol–water partition coefficient (Wildman–Crippen LogP) is 4.08. The van der Waals surface area contributed by atoms with Crippen LogP contribution in [0.25, 0.3) is 0 Å². The Morgan fingerprint density at radius 1 is 1.23 bits per heavy atom. The Labute approximate surface area is 157 Å². The topological polar surface area (TPSA) is 45.2 Å². The molecule has 1 N–H and O–H groups in total. The number of benzene rings is 1. The van der Waals surface area contributed by atoms with E-state index in [1.165, 1.54) is 12.1 Å². The van der Waals surface area contributed by atoms with Gasteiger partial charge in [0.15, 0.2) is 0 Å². The first kappa shape index (κ1) is 17.3. The Kier molecular flexibility index (Phi) is 4.81. The zero-order valence-electron chi connectivity index (χ0n) is 14.5. The third kappa shape index (κ3) is 3.54. The lowest BCUT2D eigenvalue weighted by molar-refractivity contribution is 0.0714. The number of amides is 1. The Balaban J connectivity index is 1.47. The van der Waals surface area contributed by atoms with Crippen LogP contribution in [0, 0.1) is 5.82 Å². The molecule has 0 radical (unpaired) electrons. The summed E-state index contributed by atoms with van der Waals surface area (Å²) in [6.45, 7) is 1.32. The van der Waals surface area contributed by atoms with Crippen LogP contribution in [0.15, 0.2) is 30.3 Å². The zero-order chi connectivity index (χ0) is 18.1. The fraction of sp³-hybridized carbons (Fsp3) is 0.400. The molecule has 4 nitrogen and oxygen atoms in total. The summed E-state index contributed by atoms with van der Waals surface area (Å²) in [5.74, 6) is -0.308. The maximum Gasteiger partial charge on any atom is 0.257 e. The summed E-state index contributed by atoms with van der Waals surface area (Å²) in [6, 6.07) is 8.37. The van der Waals surface area contributed by atoms with Crippen LogP contribution in [0.1, 0.15) is 40.9 Å². The van der Waals surface area contributed by atoms with Crippen LogP contribution in [-0.4, -0.2) is 34.9 Å². The number of fused-ring (bicyclic) bond motifs is 1. The van der Waals surface area contributed by atoms with Gasteiger partial charge in [0.25, 0.3) is 5.91 Å². The van der Waals surface area contributed by atoms with Gasteiger partial charge in [0, 0.05) is 30.5 Å². The average molecular weight is 374 g/mol. The van der Waals surface area contributed by atoms with Crippen molar-refractivity contribution in [3.8, 4) is 0 Å². The van der Waals surface area contributed by atoms with Gasteiger partial charge in [-0.15, -0.1) is 0 Å². The fourth-order valence-corrected chi connectivity index (χ4v) is 4.07. The van der Waals surface area contributed by atoms with Crippen LogP contribution in [0.4, 0.5) is 10.1 Å². The van der Waals surface area contributed by atoms with E-state index < -0.39 is 0 Å². The van der Waals surface area contributed by atoms with Crippen LogP contribution < -0.4 is 5.32 Å². The Morgan fingerprint density at radius 3 is 2.85 bits per heavy atom. The molecule has 1 amide bonds. The maximum absolute atomic E-state index is 13.1. The minimum Gasteiger partial charge on any atom is -0.381 e. The molecular formula is C20H21ClFN3O. The van der Waals surface area contributed by atoms with E-state index in [1.807, 2.05) is 11.0 Å². The summed E-state index contributed by atoms with van der Waals surface area (Å²) in [5.41, 5.74) is 3.55. The van der Waals surface area contributed by atoms with Crippen molar-refractivity contribution in [2.45, 2.75) is 38.1 Å². The van der Waals surface area contributed by atoms with Crippen LogP contribution in [0.2, 0.25) is 5.15 Å². The lowest BCUT2D eigenvalue weighted by atomic mass is 10.0. The third-order valence-electron chi connectivity index (χ3n) is 5.16. The molecule has 2 aliphatic rings. The first-order valence-electron chi connectivity index (χ1n) is 9.10. The van der Waals surface area contributed by atoms with Crippen LogP contribution in [0.3, 0.4) is 0 Å². The molecule has 1 atom stereocenters. The van der Waals surface area contributed by atoms with Crippen molar-refractivity contribution in [1.82, 2.24) is 9.88 Å². The molecule has 1 aromatic carbocycles. The zero-order valence-corrected chi connectivity index (χ0v) is 15.2. The molecule has 2 heterocycles. The molecule has 0 bridgehead atoms. The number of rotatable bonds is 3. The van der Waals surface area contributed by atoms with Gasteiger partial charge >= 0.3 is 0 Å². The first-order chi connectivity index (χ1) is 12.6. The standard InChI is InChI=1S/C20H21ClFN3O/c21-19-17(11-13-3-1-5-18(13)24-19)20(26)25-10-2-4-16(12-25)23-15-8-6-14(22)7-9-15/h6-9,11,16,23H,1-5,10,12H2. The molecule has 1 unspecified atom stereocenters. The minimum absolute atomic E-state index is 0.0530. The van der Waals surface area contributed by atoms with Crippen molar-refractivity contribution in [3.05, 3.63) is 58.1 Å². The summed E-state index contributed by atoms with van der Waals surface area (Å²) in [6.07, 6.45) is 4.87. The van der Waals surface area contributed by atoms with Crippen molar-refractivity contribution in [1.29, 1.82) is 0 Å². The highest BCUT2D eigenvalue weighted by atomic mass is 35.5. The summed E-state index contributed by atoms with van der Waals surface area (Å²) in [5, 5.41) is 3.70. The fourth-order valence-electron chi connectivity index (χ4n) is 3.83. The van der Waals surface area contributed by atoms with E-state index in [0.29, 0.717) is 23.8 Å². The number of hydrogen-bond donors (Lipinski definition) is 1. The Hall–Kier alpha value is -2.14. The molecule has 1 fully saturated rings. The normalized spacial score (nSPS) is 19.3. The smallest absolute Gasteiger partial charge is 0.257 e. The number of pyridine rings is 1. The molecule has 1 aliphatic heterocycles. The number of aromatic nitrogens is 1. The van der Waals surface area contributed by atoms with E-state index >= 15 is 0 Å². The minimum atomic E-state index is -0.255. The monoisotopic (exact) mass is 373 g/mol. The maximum atomic E-state index is 13.1. The second-order valence-electron chi connectivity index (χ2n) is 7.03. The molecule has 0 spiro atoms. The molecule has 4 rings (SSSR count). The van der Waals surface area contributed by atoms with Crippen molar-refractivity contribution >= 4 is 23.2 Å². The van der Waals surface area contributed by atoms with E-state index in [-0.39, 0.29) is 17.8 Å². The molecule has 136 valence electrons.